The number of piperidine rings is 1. The molecule has 0 aromatic heterocycles. The van der Waals surface area contributed by atoms with Gasteiger partial charge in [0.15, 0.2) is 0 Å². The van der Waals surface area contributed by atoms with Gasteiger partial charge in [0.1, 0.15) is 6.04 Å². The smallest absolute Gasteiger partial charge is 0.328 e. The van der Waals surface area contributed by atoms with Crippen molar-refractivity contribution in [2.75, 3.05) is 6.61 Å². The third-order valence-corrected chi connectivity index (χ3v) is 4.97. The second kappa shape index (κ2) is 9.04. The Labute approximate surface area is 154 Å². The summed E-state index contributed by atoms with van der Waals surface area (Å²) in [6, 6.07) is 6.79. The molecule has 2 rings (SSSR count). The van der Waals surface area contributed by atoms with E-state index in [2.05, 4.69) is 6.58 Å². The van der Waals surface area contributed by atoms with E-state index in [1.165, 1.54) is 0 Å². The molecule has 3 unspecified atom stereocenters. The zero-order valence-electron chi connectivity index (χ0n) is 14.9. The third kappa shape index (κ3) is 4.43. The molecule has 1 aliphatic rings. The minimum Gasteiger partial charge on any atom is -0.464 e. The first-order valence-corrected chi connectivity index (χ1v) is 9.26. The van der Waals surface area contributed by atoms with Crippen molar-refractivity contribution in [1.82, 2.24) is 4.90 Å². The molecule has 0 spiro atoms. The van der Waals surface area contributed by atoms with Crippen LogP contribution < -0.4 is 0 Å². The number of ether oxygens (including phenoxy) is 1. The van der Waals surface area contributed by atoms with Crippen molar-refractivity contribution >= 4 is 23.5 Å². The zero-order chi connectivity index (χ0) is 18.4. The molecule has 0 radical (unpaired) electrons. The summed E-state index contributed by atoms with van der Waals surface area (Å²) in [4.78, 5) is 27.3. The predicted octanol–water partition coefficient (Wildman–Crippen LogP) is 4.54. The normalized spacial score (nSPS) is 21.7. The Balaban J connectivity index is 2.38. The lowest BCUT2D eigenvalue weighted by Gasteiger charge is -2.43. The molecule has 1 amide bonds. The van der Waals surface area contributed by atoms with Gasteiger partial charge in [-0.3, -0.25) is 4.79 Å². The molecule has 0 aliphatic carbocycles. The Morgan fingerprint density at radius 1 is 1.36 bits per heavy atom. The standard InChI is InChI=1S/C20H26ClNO3/c1-4-7-15-10-13-18(14-8-11-16(21)12-9-14)22(19(15)23)17(5-2)20(24)25-6-3/h4,8-9,11-12,15,17-18H,1,5-7,10,13H2,2-3H3. The molecule has 5 heteroatoms. The fourth-order valence-electron chi connectivity index (χ4n) is 3.50. The number of halogens is 1. The molecule has 0 bridgehead atoms. The summed E-state index contributed by atoms with van der Waals surface area (Å²) in [5, 5.41) is 0.652. The highest BCUT2D eigenvalue weighted by molar-refractivity contribution is 6.30. The van der Waals surface area contributed by atoms with Crippen LogP contribution in [-0.2, 0) is 14.3 Å². The van der Waals surface area contributed by atoms with E-state index >= 15 is 0 Å². The molecular formula is C20H26ClNO3. The van der Waals surface area contributed by atoms with Gasteiger partial charge in [-0.05, 0) is 50.3 Å². The molecule has 1 saturated heterocycles. The molecule has 1 aliphatic heterocycles. The quantitative estimate of drug-likeness (QED) is 0.528. The summed E-state index contributed by atoms with van der Waals surface area (Å²) in [5.41, 5.74) is 0.998. The van der Waals surface area contributed by atoms with E-state index in [4.69, 9.17) is 16.3 Å². The minimum absolute atomic E-state index is 0.00556. The van der Waals surface area contributed by atoms with Gasteiger partial charge in [-0.1, -0.05) is 36.7 Å². The minimum atomic E-state index is -0.569. The zero-order valence-corrected chi connectivity index (χ0v) is 15.7. The third-order valence-electron chi connectivity index (χ3n) is 4.72. The van der Waals surface area contributed by atoms with Crippen LogP contribution in [0.3, 0.4) is 0 Å². The number of carbonyl (C=O) groups excluding carboxylic acids is 2. The summed E-state index contributed by atoms with van der Waals surface area (Å²) < 4.78 is 5.22. The van der Waals surface area contributed by atoms with Gasteiger partial charge in [0.25, 0.3) is 0 Å². The molecule has 0 saturated carbocycles. The maximum absolute atomic E-state index is 13.1. The van der Waals surface area contributed by atoms with E-state index in [-0.39, 0.29) is 23.8 Å². The first-order chi connectivity index (χ1) is 12.0. The highest BCUT2D eigenvalue weighted by Crippen LogP contribution is 2.38. The maximum Gasteiger partial charge on any atom is 0.328 e. The average molecular weight is 364 g/mol. The fraction of sp³-hybridized carbons (Fsp3) is 0.500. The number of benzene rings is 1. The molecule has 1 heterocycles. The number of allylic oxidation sites excluding steroid dienone is 1. The number of carbonyl (C=O) groups is 2. The first kappa shape index (κ1) is 19.5. The van der Waals surface area contributed by atoms with Gasteiger partial charge in [-0.25, -0.2) is 4.79 Å². The summed E-state index contributed by atoms with van der Waals surface area (Å²) in [7, 11) is 0. The lowest BCUT2D eigenvalue weighted by atomic mass is 9.85. The van der Waals surface area contributed by atoms with Crippen molar-refractivity contribution in [3.05, 3.63) is 47.5 Å². The van der Waals surface area contributed by atoms with E-state index < -0.39 is 6.04 Å². The highest BCUT2D eigenvalue weighted by atomic mass is 35.5. The van der Waals surface area contributed by atoms with Crippen molar-refractivity contribution in [1.29, 1.82) is 0 Å². The molecule has 3 atom stereocenters. The van der Waals surface area contributed by atoms with Gasteiger partial charge < -0.3 is 9.64 Å². The van der Waals surface area contributed by atoms with Gasteiger partial charge >= 0.3 is 5.97 Å². The van der Waals surface area contributed by atoms with Gasteiger partial charge in [-0.15, -0.1) is 6.58 Å². The van der Waals surface area contributed by atoms with Crippen LogP contribution in [0.2, 0.25) is 5.02 Å². The summed E-state index contributed by atoms with van der Waals surface area (Å²) >= 11 is 6.00. The van der Waals surface area contributed by atoms with Gasteiger partial charge in [0, 0.05) is 10.9 Å². The van der Waals surface area contributed by atoms with Crippen LogP contribution in [0, 0.1) is 5.92 Å². The lowest BCUT2D eigenvalue weighted by molar-refractivity contribution is -0.161. The second-order valence-electron chi connectivity index (χ2n) is 6.29. The monoisotopic (exact) mass is 363 g/mol. The molecular weight excluding hydrogens is 338 g/mol. The highest BCUT2D eigenvalue weighted by Gasteiger charge is 2.41. The molecule has 136 valence electrons. The number of rotatable bonds is 7. The van der Waals surface area contributed by atoms with E-state index in [0.717, 1.165) is 18.4 Å². The number of hydrogen-bond acceptors (Lipinski definition) is 3. The van der Waals surface area contributed by atoms with Crippen molar-refractivity contribution in [3.8, 4) is 0 Å². The van der Waals surface area contributed by atoms with E-state index in [0.29, 0.717) is 24.5 Å². The molecule has 4 nitrogen and oxygen atoms in total. The lowest BCUT2D eigenvalue weighted by Crippen LogP contribution is -2.52. The van der Waals surface area contributed by atoms with Crippen LogP contribution in [0.25, 0.3) is 0 Å². The molecule has 1 aromatic rings. The average Bonchev–Trinajstić information content (AvgIpc) is 2.60. The first-order valence-electron chi connectivity index (χ1n) is 8.88. The Kier molecular flexibility index (Phi) is 7.06. The number of esters is 1. The Morgan fingerprint density at radius 2 is 2.04 bits per heavy atom. The van der Waals surface area contributed by atoms with Crippen LogP contribution in [0.5, 0.6) is 0 Å². The van der Waals surface area contributed by atoms with Crippen LogP contribution in [0.15, 0.2) is 36.9 Å². The Hall–Kier alpha value is -1.81. The van der Waals surface area contributed by atoms with Gasteiger partial charge in [0.05, 0.1) is 12.6 Å². The van der Waals surface area contributed by atoms with Crippen molar-refractivity contribution < 1.29 is 14.3 Å². The van der Waals surface area contributed by atoms with Crippen LogP contribution in [-0.4, -0.2) is 29.4 Å². The molecule has 0 N–H and O–H groups in total. The Bertz CT molecular complexity index is 614. The van der Waals surface area contributed by atoms with Gasteiger partial charge in [-0.2, -0.15) is 0 Å². The van der Waals surface area contributed by atoms with E-state index in [1.807, 2.05) is 31.2 Å². The summed E-state index contributed by atoms with van der Waals surface area (Å²) in [5.74, 6) is -0.452. The van der Waals surface area contributed by atoms with E-state index in [1.54, 1.807) is 17.9 Å². The Morgan fingerprint density at radius 3 is 2.60 bits per heavy atom. The second-order valence-corrected chi connectivity index (χ2v) is 6.72. The summed E-state index contributed by atoms with van der Waals surface area (Å²) in [6.07, 6.45) is 4.52. The van der Waals surface area contributed by atoms with Crippen molar-refractivity contribution in [3.63, 3.8) is 0 Å². The topological polar surface area (TPSA) is 46.6 Å². The fourth-order valence-corrected chi connectivity index (χ4v) is 3.63. The van der Waals surface area contributed by atoms with Crippen LogP contribution >= 0.6 is 11.6 Å². The van der Waals surface area contributed by atoms with Crippen LogP contribution in [0.4, 0.5) is 0 Å². The van der Waals surface area contributed by atoms with E-state index in [9.17, 15) is 9.59 Å². The van der Waals surface area contributed by atoms with Crippen LogP contribution in [0.1, 0.15) is 51.1 Å². The van der Waals surface area contributed by atoms with Crippen molar-refractivity contribution in [2.24, 2.45) is 5.92 Å². The van der Waals surface area contributed by atoms with Gasteiger partial charge in [0.2, 0.25) is 5.91 Å². The maximum atomic E-state index is 13.1. The number of nitrogens with zero attached hydrogens (tertiary/aromatic N) is 1. The molecule has 1 aromatic carbocycles. The predicted molar refractivity (Wildman–Crippen MR) is 99.3 cm³/mol. The number of likely N-dealkylation sites (tertiary alicyclic amines) is 1. The summed E-state index contributed by atoms with van der Waals surface area (Å²) in [6.45, 7) is 7.74. The van der Waals surface area contributed by atoms with Crippen molar-refractivity contribution in [2.45, 2.75) is 51.6 Å². The molecule has 25 heavy (non-hydrogen) atoms. The number of amides is 1. The number of hydrogen-bond donors (Lipinski definition) is 0. The SMILES string of the molecule is C=CCC1CCC(c2ccc(Cl)cc2)N(C(CC)C(=O)OCC)C1=O. The largest absolute Gasteiger partial charge is 0.464 e. The molecule has 1 fully saturated rings.